The number of anilines is 1. The van der Waals surface area contributed by atoms with Gasteiger partial charge in [-0.15, -0.1) is 10.2 Å². The molecule has 1 atom stereocenters. The third kappa shape index (κ3) is 7.12. The molecule has 0 saturated carbocycles. The molecule has 2 amide bonds. The highest BCUT2D eigenvalue weighted by molar-refractivity contribution is 6.05. The predicted molar refractivity (Wildman–Crippen MR) is 161 cm³/mol. The molecule has 1 unspecified atom stereocenters. The number of hydrogen-bond donors (Lipinski definition) is 5. The first-order valence-electron chi connectivity index (χ1n) is 12.8. The highest BCUT2D eigenvalue weighted by atomic mass is 16.2. The molecule has 210 valence electrons. The summed E-state index contributed by atoms with van der Waals surface area (Å²) < 4.78 is 0. The Kier molecular flexibility index (Phi) is 8.72. The van der Waals surface area contributed by atoms with Gasteiger partial charge in [-0.05, 0) is 60.4 Å². The van der Waals surface area contributed by atoms with Crippen LogP contribution in [0.1, 0.15) is 46.5 Å². The molecular weight excluding hydrogens is 520 g/mol. The molecule has 0 radical (unpaired) electrons. The van der Waals surface area contributed by atoms with Gasteiger partial charge < -0.3 is 33.2 Å². The van der Waals surface area contributed by atoms with Gasteiger partial charge in [0.15, 0.2) is 0 Å². The Hall–Kier alpha value is -5.52. The second-order valence-electron chi connectivity index (χ2n) is 9.49. The van der Waals surface area contributed by atoms with Crippen LogP contribution in [0.3, 0.4) is 0 Å². The molecule has 3 aromatic rings. The second-order valence-corrected chi connectivity index (χ2v) is 9.49. The molecule has 41 heavy (non-hydrogen) atoms. The van der Waals surface area contributed by atoms with Gasteiger partial charge in [-0.3, -0.25) is 9.59 Å². The zero-order valence-electron chi connectivity index (χ0n) is 22.8. The molecule has 12 nitrogen and oxygen atoms in total. The number of nitrogens with one attached hydrogen (secondary N) is 1. The summed E-state index contributed by atoms with van der Waals surface area (Å²) in [4.78, 5) is 29.2. The summed E-state index contributed by atoms with van der Waals surface area (Å²) in [6.07, 6.45) is 0.364. The Bertz CT molecular complexity index is 1580. The van der Waals surface area contributed by atoms with Crippen LogP contribution in [0.15, 0.2) is 93.2 Å². The molecule has 0 fully saturated rings. The van der Waals surface area contributed by atoms with Crippen molar-refractivity contribution in [1.29, 1.82) is 0 Å². The van der Waals surface area contributed by atoms with Crippen LogP contribution in [-0.4, -0.2) is 46.1 Å². The molecule has 1 heterocycles. The first-order chi connectivity index (χ1) is 19.6. The van der Waals surface area contributed by atoms with Gasteiger partial charge in [0.25, 0.3) is 5.91 Å². The SMILES string of the molecule is C/C(=N\N=C(N)N)c1cccc(NC(=O)C2Cc3ccccc3CN2C(=O)c2cccc(/C(C)=N/N=C(N)N)c2)c1. The summed E-state index contributed by atoms with van der Waals surface area (Å²) >= 11 is 0. The van der Waals surface area contributed by atoms with Crippen LogP contribution in [0.4, 0.5) is 5.69 Å². The van der Waals surface area contributed by atoms with E-state index < -0.39 is 6.04 Å². The van der Waals surface area contributed by atoms with E-state index in [9.17, 15) is 9.59 Å². The number of nitrogens with two attached hydrogens (primary N) is 4. The fourth-order valence-electron chi connectivity index (χ4n) is 4.44. The minimum absolute atomic E-state index is 0.155. The summed E-state index contributed by atoms with van der Waals surface area (Å²) in [6, 6.07) is 21.2. The monoisotopic (exact) mass is 552 g/mol. The van der Waals surface area contributed by atoms with E-state index in [4.69, 9.17) is 22.9 Å². The maximum Gasteiger partial charge on any atom is 0.254 e. The van der Waals surface area contributed by atoms with E-state index in [1.807, 2.05) is 30.3 Å². The minimum Gasteiger partial charge on any atom is -0.369 e. The fraction of sp³-hybridized carbons (Fsp3) is 0.172. The smallest absolute Gasteiger partial charge is 0.254 e. The molecule has 0 spiro atoms. The fourth-order valence-corrected chi connectivity index (χ4v) is 4.44. The van der Waals surface area contributed by atoms with Gasteiger partial charge >= 0.3 is 0 Å². The van der Waals surface area contributed by atoms with Crippen molar-refractivity contribution < 1.29 is 9.59 Å². The molecule has 3 aromatic carbocycles. The van der Waals surface area contributed by atoms with Gasteiger partial charge in [0.1, 0.15) is 6.04 Å². The lowest BCUT2D eigenvalue weighted by Gasteiger charge is -2.36. The zero-order chi connectivity index (χ0) is 29.5. The van der Waals surface area contributed by atoms with E-state index in [2.05, 4.69) is 25.7 Å². The highest BCUT2D eigenvalue weighted by Gasteiger charge is 2.35. The van der Waals surface area contributed by atoms with E-state index in [0.29, 0.717) is 34.7 Å². The molecule has 12 heteroatoms. The van der Waals surface area contributed by atoms with Crippen molar-refractivity contribution in [3.63, 3.8) is 0 Å². The number of amides is 2. The molecule has 9 N–H and O–H groups in total. The van der Waals surface area contributed by atoms with Crippen molar-refractivity contribution in [1.82, 2.24) is 4.90 Å². The molecule has 0 aliphatic carbocycles. The number of nitrogens with zero attached hydrogens (tertiary/aromatic N) is 5. The third-order valence-corrected chi connectivity index (χ3v) is 6.52. The Balaban J connectivity index is 1.63. The van der Waals surface area contributed by atoms with Crippen LogP contribution < -0.4 is 28.3 Å². The van der Waals surface area contributed by atoms with Crippen LogP contribution in [0.25, 0.3) is 0 Å². The first-order valence-corrected chi connectivity index (χ1v) is 12.8. The Morgan fingerprint density at radius 1 is 0.732 bits per heavy atom. The molecule has 0 saturated heterocycles. The van der Waals surface area contributed by atoms with E-state index in [1.54, 1.807) is 61.2 Å². The Morgan fingerprint density at radius 2 is 1.29 bits per heavy atom. The van der Waals surface area contributed by atoms with E-state index >= 15 is 0 Å². The predicted octanol–water partition coefficient (Wildman–Crippen LogP) is 1.89. The largest absolute Gasteiger partial charge is 0.369 e. The van der Waals surface area contributed by atoms with Crippen LogP contribution in [-0.2, 0) is 17.8 Å². The summed E-state index contributed by atoms with van der Waals surface area (Å²) in [5, 5.41) is 18.3. The van der Waals surface area contributed by atoms with Crippen molar-refractivity contribution >= 4 is 40.8 Å². The number of hydrogen-bond acceptors (Lipinski definition) is 6. The van der Waals surface area contributed by atoms with Gasteiger partial charge in [-0.1, -0.05) is 48.5 Å². The summed E-state index contributed by atoms with van der Waals surface area (Å²) in [5.41, 5.74) is 27.0. The molecule has 0 aromatic heterocycles. The summed E-state index contributed by atoms with van der Waals surface area (Å²) in [7, 11) is 0. The molecule has 0 bridgehead atoms. The van der Waals surface area contributed by atoms with Gasteiger partial charge in [0.05, 0.1) is 11.4 Å². The number of carbonyl (C=O) groups is 2. The summed E-state index contributed by atoms with van der Waals surface area (Å²) in [5.74, 6) is -0.923. The van der Waals surface area contributed by atoms with E-state index in [0.717, 1.165) is 16.7 Å². The van der Waals surface area contributed by atoms with Gasteiger partial charge in [-0.2, -0.15) is 10.2 Å². The van der Waals surface area contributed by atoms with E-state index in [-0.39, 0.29) is 30.3 Å². The van der Waals surface area contributed by atoms with Gasteiger partial charge in [0.2, 0.25) is 17.8 Å². The van der Waals surface area contributed by atoms with Gasteiger partial charge in [-0.25, -0.2) is 0 Å². The number of fused-ring (bicyclic) bond motifs is 1. The van der Waals surface area contributed by atoms with Crippen LogP contribution in [0.5, 0.6) is 0 Å². The number of guanidine groups is 2. The van der Waals surface area contributed by atoms with Crippen molar-refractivity contribution in [3.8, 4) is 0 Å². The lowest BCUT2D eigenvalue weighted by molar-refractivity contribution is -0.121. The molecule has 4 rings (SSSR count). The number of benzene rings is 3. The van der Waals surface area contributed by atoms with Crippen molar-refractivity contribution in [2.75, 3.05) is 5.32 Å². The van der Waals surface area contributed by atoms with Crippen LogP contribution in [0.2, 0.25) is 0 Å². The summed E-state index contributed by atoms with van der Waals surface area (Å²) in [6.45, 7) is 3.77. The molecule has 1 aliphatic rings. The maximum absolute atomic E-state index is 13.9. The molecular formula is C29H32N10O2. The normalized spacial score (nSPS) is 15.0. The van der Waals surface area contributed by atoms with Crippen molar-refractivity contribution in [2.24, 2.45) is 43.3 Å². The third-order valence-electron chi connectivity index (χ3n) is 6.52. The van der Waals surface area contributed by atoms with Crippen LogP contribution in [0, 0.1) is 0 Å². The average Bonchev–Trinajstić information content (AvgIpc) is 2.97. The second kappa shape index (κ2) is 12.6. The average molecular weight is 553 g/mol. The standard InChI is InChI=1S/C29H32N10O2/c1-17(35-37-28(30)31)19-9-5-11-22(13-19)27(41)39-16-23-8-4-3-7-21(23)15-25(39)26(40)34-24-12-6-10-20(14-24)18(2)36-38-29(32)33/h3-14,25H,15-16H2,1-2H3,(H,34,40)(H4,30,31,37)(H4,32,33,38)/b35-17+,36-18+. The lowest BCUT2D eigenvalue weighted by atomic mass is 9.92. The van der Waals surface area contributed by atoms with Crippen molar-refractivity contribution in [3.05, 3.63) is 101 Å². The van der Waals surface area contributed by atoms with E-state index in [1.165, 1.54) is 0 Å². The van der Waals surface area contributed by atoms with Crippen molar-refractivity contribution in [2.45, 2.75) is 32.9 Å². The number of rotatable bonds is 7. The minimum atomic E-state index is -0.752. The zero-order valence-corrected chi connectivity index (χ0v) is 22.8. The Morgan fingerprint density at radius 3 is 1.93 bits per heavy atom. The first kappa shape index (κ1) is 28.5. The van der Waals surface area contributed by atoms with Gasteiger partial charge in [0, 0.05) is 24.2 Å². The maximum atomic E-state index is 13.9. The Labute approximate surface area is 237 Å². The molecule has 1 aliphatic heterocycles. The topological polar surface area (TPSA) is 203 Å². The lowest BCUT2D eigenvalue weighted by Crippen LogP contribution is -2.50. The number of carbonyl (C=O) groups excluding carboxylic acids is 2. The quantitative estimate of drug-likeness (QED) is 0.168. The van der Waals surface area contributed by atoms with Crippen LogP contribution >= 0.6 is 0 Å². The highest BCUT2D eigenvalue weighted by Crippen LogP contribution is 2.26.